The van der Waals surface area contributed by atoms with E-state index in [2.05, 4.69) is 48.5 Å². The fourth-order valence-electron chi connectivity index (χ4n) is 2.38. The van der Waals surface area contributed by atoms with Crippen LogP contribution in [-0.2, 0) is 13.0 Å². The lowest BCUT2D eigenvalue weighted by atomic mass is 10.2. The molecule has 4 heteroatoms. The summed E-state index contributed by atoms with van der Waals surface area (Å²) in [6.07, 6.45) is 5.01. The van der Waals surface area contributed by atoms with Crippen molar-refractivity contribution in [1.82, 2.24) is 14.9 Å². The van der Waals surface area contributed by atoms with Gasteiger partial charge in [0.25, 0.3) is 0 Å². The van der Waals surface area contributed by atoms with E-state index in [1.807, 2.05) is 34.3 Å². The third-order valence-corrected chi connectivity index (χ3v) is 4.47. The molecule has 3 nitrogen and oxygen atoms in total. The van der Waals surface area contributed by atoms with Crippen molar-refractivity contribution in [3.05, 3.63) is 58.0 Å². The first-order chi connectivity index (χ1) is 9.72. The molecule has 3 aromatic heterocycles. The Morgan fingerprint density at radius 2 is 2.20 bits per heavy atom. The summed E-state index contributed by atoms with van der Waals surface area (Å²) in [6.45, 7) is 5.26. The maximum atomic E-state index is 4.36. The van der Waals surface area contributed by atoms with E-state index >= 15 is 0 Å². The summed E-state index contributed by atoms with van der Waals surface area (Å²) < 4.78 is 1.92. The van der Waals surface area contributed by atoms with E-state index in [0.29, 0.717) is 6.04 Å². The predicted octanol–water partition coefficient (Wildman–Crippen LogP) is 3.43. The molecule has 1 unspecified atom stereocenters. The van der Waals surface area contributed by atoms with Crippen LogP contribution in [0.5, 0.6) is 0 Å². The van der Waals surface area contributed by atoms with Gasteiger partial charge in [-0.05, 0) is 44.5 Å². The van der Waals surface area contributed by atoms with Gasteiger partial charge in [0.05, 0.1) is 11.7 Å². The van der Waals surface area contributed by atoms with E-state index in [1.54, 1.807) is 0 Å². The van der Waals surface area contributed by atoms with Crippen LogP contribution in [0, 0.1) is 6.92 Å². The number of pyridine rings is 1. The van der Waals surface area contributed by atoms with Crippen LogP contribution >= 0.6 is 11.3 Å². The highest BCUT2D eigenvalue weighted by molar-refractivity contribution is 7.11. The van der Waals surface area contributed by atoms with Crippen molar-refractivity contribution in [3.8, 4) is 0 Å². The lowest BCUT2D eigenvalue weighted by molar-refractivity contribution is 0.550. The first kappa shape index (κ1) is 13.3. The van der Waals surface area contributed by atoms with Crippen LogP contribution < -0.4 is 5.32 Å². The number of rotatable bonds is 5. The number of hydrogen-bond acceptors (Lipinski definition) is 3. The number of fused-ring (bicyclic) bond motifs is 1. The molecule has 0 fully saturated rings. The van der Waals surface area contributed by atoms with Crippen molar-refractivity contribution in [2.75, 3.05) is 0 Å². The van der Waals surface area contributed by atoms with E-state index in [9.17, 15) is 0 Å². The van der Waals surface area contributed by atoms with Crippen molar-refractivity contribution in [2.24, 2.45) is 0 Å². The maximum absolute atomic E-state index is 4.36. The minimum atomic E-state index is 0.465. The average Bonchev–Trinajstić information content (AvgIpc) is 3.03. The molecule has 3 aromatic rings. The van der Waals surface area contributed by atoms with Crippen LogP contribution in [0.2, 0.25) is 0 Å². The number of aryl methyl sites for hydroxylation is 1. The standard InChI is InChI=1S/C16H19N3S/c1-12(9-15-7-6-13(2)20-15)17-10-14-11-18-19-8-4-3-5-16(14)19/h3-8,11-12,17H,9-10H2,1-2H3. The minimum Gasteiger partial charge on any atom is -0.310 e. The van der Waals surface area contributed by atoms with E-state index < -0.39 is 0 Å². The van der Waals surface area contributed by atoms with E-state index in [-0.39, 0.29) is 0 Å². The third-order valence-electron chi connectivity index (χ3n) is 3.45. The van der Waals surface area contributed by atoms with Crippen LogP contribution in [0.25, 0.3) is 5.52 Å². The second kappa shape index (κ2) is 5.77. The largest absolute Gasteiger partial charge is 0.310 e. The highest BCUT2D eigenvalue weighted by atomic mass is 32.1. The summed E-state index contributed by atoms with van der Waals surface area (Å²) in [7, 11) is 0. The zero-order valence-electron chi connectivity index (χ0n) is 11.8. The van der Waals surface area contributed by atoms with Gasteiger partial charge in [-0.3, -0.25) is 0 Å². The van der Waals surface area contributed by atoms with Gasteiger partial charge in [0.1, 0.15) is 0 Å². The van der Waals surface area contributed by atoms with Crippen LogP contribution in [0.4, 0.5) is 0 Å². The fraction of sp³-hybridized carbons (Fsp3) is 0.312. The molecule has 0 aliphatic carbocycles. The molecule has 1 N–H and O–H groups in total. The topological polar surface area (TPSA) is 29.3 Å². The summed E-state index contributed by atoms with van der Waals surface area (Å²) in [5.74, 6) is 0. The highest BCUT2D eigenvalue weighted by Crippen LogP contribution is 2.17. The van der Waals surface area contributed by atoms with Gasteiger partial charge in [-0.15, -0.1) is 11.3 Å². The van der Waals surface area contributed by atoms with E-state index in [4.69, 9.17) is 0 Å². The SMILES string of the molecule is Cc1ccc(CC(C)NCc2cnn3ccccc23)s1. The second-order valence-corrected chi connectivity index (χ2v) is 6.57. The van der Waals surface area contributed by atoms with Gasteiger partial charge in [0, 0.05) is 34.1 Å². The lowest BCUT2D eigenvalue weighted by Gasteiger charge is -2.12. The minimum absolute atomic E-state index is 0.465. The third kappa shape index (κ3) is 2.92. The highest BCUT2D eigenvalue weighted by Gasteiger charge is 2.07. The molecule has 3 rings (SSSR count). The number of hydrogen-bond donors (Lipinski definition) is 1. The Labute approximate surface area is 123 Å². The predicted molar refractivity (Wildman–Crippen MR) is 84.3 cm³/mol. The molecule has 0 amide bonds. The summed E-state index contributed by atoms with van der Waals surface area (Å²) in [5.41, 5.74) is 2.43. The number of nitrogens with zero attached hydrogens (tertiary/aromatic N) is 2. The van der Waals surface area contributed by atoms with Gasteiger partial charge in [0.2, 0.25) is 0 Å². The zero-order chi connectivity index (χ0) is 13.9. The van der Waals surface area contributed by atoms with Crippen molar-refractivity contribution in [1.29, 1.82) is 0 Å². The first-order valence-electron chi connectivity index (χ1n) is 6.92. The average molecular weight is 285 g/mol. The Morgan fingerprint density at radius 3 is 3.00 bits per heavy atom. The molecular formula is C16H19N3S. The second-order valence-electron chi connectivity index (χ2n) is 5.20. The van der Waals surface area contributed by atoms with Crippen LogP contribution in [-0.4, -0.2) is 15.7 Å². The Kier molecular flexibility index (Phi) is 3.85. The molecule has 0 aliphatic rings. The van der Waals surface area contributed by atoms with E-state index in [1.165, 1.54) is 20.8 Å². The normalized spacial score (nSPS) is 12.9. The molecule has 0 saturated heterocycles. The quantitative estimate of drug-likeness (QED) is 0.778. The smallest absolute Gasteiger partial charge is 0.0706 e. The number of aromatic nitrogens is 2. The Bertz CT molecular complexity index is 698. The van der Waals surface area contributed by atoms with Crippen LogP contribution in [0.1, 0.15) is 22.2 Å². The van der Waals surface area contributed by atoms with Crippen molar-refractivity contribution in [3.63, 3.8) is 0 Å². The van der Waals surface area contributed by atoms with E-state index in [0.717, 1.165) is 13.0 Å². The van der Waals surface area contributed by atoms with Gasteiger partial charge in [0.15, 0.2) is 0 Å². The molecule has 0 aromatic carbocycles. The van der Waals surface area contributed by atoms with Gasteiger partial charge in [-0.1, -0.05) is 6.07 Å². The lowest BCUT2D eigenvalue weighted by Crippen LogP contribution is -2.27. The maximum Gasteiger partial charge on any atom is 0.0706 e. The molecule has 0 spiro atoms. The molecule has 0 bridgehead atoms. The van der Waals surface area contributed by atoms with Gasteiger partial charge in [-0.2, -0.15) is 5.10 Å². The Balaban J connectivity index is 1.61. The van der Waals surface area contributed by atoms with Crippen molar-refractivity contribution in [2.45, 2.75) is 32.9 Å². The first-order valence-corrected chi connectivity index (χ1v) is 7.74. The van der Waals surface area contributed by atoms with Gasteiger partial charge < -0.3 is 5.32 Å². The van der Waals surface area contributed by atoms with Gasteiger partial charge in [-0.25, -0.2) is 4.52 Å². The van der Waals surface area contributed by atoms with Crippen molar-refractivity contribution < 1.29 is 0 Å². The molecule has 20 heavy (non-hydrogen) atoms. The zero-order valence-corrected chi connectivity index (χ0v) is 12.7. The molecule has 1 atom stereocenters. The molecule has 0 saturated carbocycles. The monoisotopic (exact) mass is 285 g/mol. The molecule has 0 aliphatic heterocycles. The number of nitrogens with one attached hydrogen (secondary N) is 1. The molecule has 3 heterocycles. The summed E-state index contributed by atoms with van der Waals surface area (Å²) >= 11 is 1.89. The Hall–Kier alpha value is -1.65. The molecule has 0 radical (unpaired) electrons. The van der Waals surface area contributed by atoms with Crippen LogP contribution in [0.3, 0.4) is 0 Å². The van der Waals surface area contributed by atoms with Crippen LogP contribution in [0.15, 0.2) is 42.7 Å². The van der Waals surface area contributed by atoms with Gasteiger partial charge >= 0.3 is 0 Å². The molecular weight excluding hydrogens is 266 g/mol. The van der Waals surface area contributed by atoms with Crippen molar-refractivity contribution >= 4 is 16.9 Å². The summed E-state index contributed by atoms with van der Waals surface area (Å²) in [6, 6.07) is 11.0. The number of thiophene rings is 1. The summed E-state index contributed by atoms with van der Waals surface area (Å²) in [4.78, 5) is 2.83. The summed E-state index contributed by atoms with van der Waals surface area (Å²) in [5, 5.41) is 7.95. The fourth-order valence-corrected chi connectivity index (χ4v) is 3.40. The Morgan fingerprint density at radius 1 is 1.30 bits per heavy atom. The molecule has 104 valence electrons.